The molecule has 0 spiro atoms. The zero-order valence-corrected chi connectivity index (χ0v) is 15.5. The van der Waals surface area contributed by atoms with Crippen molar-refractivity contribution in [2.45, 2.75) is 26.7 Å². The minimum absolute atomic E-state index is 0.0613. The number of ketones is 1. The fourth-order valence-corrected chi connectivity index (χ4v) is 3.71. The summed E-state index contributed by atoms with van der Waals surface area (Å²) >= 11 is 3.32. The molecule has 1 aliphatic carbocycles. The normalized spacial score (nSPS) is 15.5. The highest BCUT2D eigenvalue weighted by atomic mass is 79.9. The van der Waals surface area contributed by atoms with E-state index in [9.17, 15) is 9.90 Å². The Hall–Kier alpha value is -2.07. The fourth-order valence-electron chi connectivity index (χ4n) is 3.25. The lowest BCUT2D eigenvalue weighted by Crippen LogP contribution is -2.15. The van der Waals surface area contributed by atoms with Gasteiger partial charge in [-0.3, -0.25) is 4.79 Å². The number of halogens is 1. The Morgan fingerprint density at radius 1 is 1.17 bits per heavy atom. The van der Waals surface area contributed by atoms with Crippen LogP contribution in [0.1, 0.15) is 39.0 Å². The second-order valence-electron chi connectivity index (χ2n) is 6.16. The van der Waals surface area contributed by atoms with Gasteiger partial charge in [0.05, 0.1) is 11.6 Å². The lowest BCUT2D eigenvalue weighted by atomic mass is 9.83. The van der Waals surface area contributed by atoms with Crippen LogP contribution in [0, 0.1) is 13.8 Å². The Labute approximate surface area is 150 Å². The maximum absolute atomic E-state index is 12.9. The molecule has 0 saturated carbocycles. The summed E-state index contributed by atoms with van der Waals surface area (Å²) in [6.07, 6.45) is 3.47. The molecular weight excluding hydrogens is 368 g/mol. The van der Waals surface area contributed by atoms with Crippen molar-refractivity contribution in [3.8, 4) is 11.5 Å². The van der Waals surface area contributed by atoms with Crippen LogP contribution in [0.25, 0.3) is 6.08 Å². The third-order valence-corrected chi connectivity index (χ3v) is 5.01. The molecule has 0 aromatic heterocycles. The predicted molar refractivity (Wildman–Crippen MR) is 98.9 cm³/mol. The number of aryl methyl sites for hydroxylation is 2. The van der Waals surface area contributed by atoms with E-state index >= 15 is 0 Å². The number of allylic oxidation sites excluding steroid dienone is 1. The average molecular weight is 387 g/mol. The molecule has 0 aliphatic heterocycles. The number of ether oxygens (including phenoxy) is 1. The summed E-state index contributed by atoms with van der Waals surface area (Å²) in [5.74, 6) is 0.531. The van der Waals surface area contributed by atoms with E-state index in [-0.39, 0.29) is 11.5 Å². The Balaban J connectivity index is 2.04. The van der Waals surface area contributed by atoms with Crippen molar-refractivity contribution in [1.29, 1.82) is 0 Å². The minimum atomic E-state index is 0.0613. The highest BCUT2D eigenvalue weighted by molar-refractivity contribution is 9.10. The zero-order chi connectivity index (χ0) is 17.4. The van der Waals surface area contributed by atoms with E-state index in [2.05, 4.69) is 28.9 Å². The minimum Gasteiger partial charge on any atom is -0.503 e. The summed E-state index contributed by atoms with van der Waals surface area (Å²) in [4.78, 5) is 12.9. The number of benzene rings is 2. The topological polar surface area (TPSA) is 46.5 Å². The number of hydrogen-bond acceptors (Lipinski definition) is 3. The molecule has 3 nitrogen and oxygen atoms in total. The summed E-state index contributed by atoms with van der Waals surface area (Å²) in [6, 6.07) is 7.63. The number of rotatable bonds is 2. The molecule has 0 unspecified atom stereocenters. The quantitative estimate of drug-likeness (QED) is 0.739. The van der Waals surface area contributed by atoms with Gasteiger partial charge in [0.15, 0.2) is 17.3 Å². The van der Waals surface area contributed by atoms with Crippen molar-refractivity contribution in [2.75, 3.05) is 7.11 Å². The lowest BCUT2D eigenvalue weighted by Gasteiger charge is -2.20. The van der Waals surface area contributed by atoms with Crippen molar-refractivity contribution in [3.05, 3.63) is 62.1 Å². The van der Waals surface area contributed by atoms with E-state index in [4.69, 9.17) is 4.74 Å². The second kappa shape index (κ2) is 6.44. The number of phenolic OH excluding ortho intramolecular Hbond substituents is 1. The van der Waals surface area contributed by atoms with Gasteiger partial charge < -0.3 is 9.84 Å². The highest BCUT2D eigenvalue weighted by Crippen LogP contribution is 2.37. The maximum atomic E-state index is 12.9. The summed E-state index contributed by atoms with van der Waals surface area (Å²) < 4.78 is 5.72. The fraction of sp³-hybridized carbons (Fsp3) is 0.250. The first kappa shape index (κ1) is 16.8. The van der Waals surface area contributed by atoms with Crippen LogP contribution in [-0.4, -0.2) is 18.0 Å². The molecule has 1 N–H and O–H groups in total. The Kier molecular flexibility index (Phi) is 4.50. The monoisotopic (exact) mass is 386 g/mol. The van der Waals surface area contributed by atoms with Gasteiger partial charge in [-0.25, -0.2) is 0 Å². The molecule has 24 heavy (non-hydrogen) atoms. The maximum Gasteiger partial charge on any atom is 0.189 e. The van der Waals surface area contributed by atoms with Crippen LogP contribution in [-0.2, 0) is 6.42 Å². The number of carbonyl (C=O) groups is 1. The number of fused-ring (bicyclic) bond motifs is 1. The number of Topliss-reactive ketones (excluding diaryl/α,β-unsaturated/α-hetero) is 1. The summed E-state index contributed by atoms with van der Waals surface area (Å²) in [5, 5.41) is 9.91. The van der Waals surface area contributed by atoms with Crippen molar-refractivity contribution in [2.24, 2.45) is 0 Å². The van der Waals surface area contributed by atoms with Gasteiger partial charge in [0, 0.05) is 11.1 Å². The summed E-state index contributed by atoms with van der Waals surface area (Å²) in [7, 11) is 1.51. The molecule has 0 atom stereocenters. The molecule has 0 heterocycles. The first-order valence-corrected chi connectivity index (χ1v) is 8.62. The van der Waals surface area contributed by atoms with Gasteiger partial charge in [-0.15, -0.1) is 0 Å². The van der Waals surface area contributed by atoms with Crippen LogP contribution in [0.5, 0.6) is 11.5 Å². The van der Waals surface area contributed by atoms with Crippen LogP contribution >= 0.6 is 15.9 Å². The zero-order valence-electron chi connectivity index (χ0n) is 13.9. The molecule has 0 amide bonds. The number of carbonyl (C=O) groups excluding carboxylic acids is 1. The van der Waals surface area contributed by atoms with Crippen LogP contribution in [0.15, 0.2) is 34.3 Å². The Morgan fingerprint density at radius 2 is 1.92 bits per heavy atom. The SMILES string of the molecule is COc1cc(C=C2CCc3c(C)cc(C)cc3C2=O)cc(Br)c1O. The van der Waals surface area contributed by atoms with Crippen LogP contribution < -0.4 is 4.74 Å². The molecule has 0 fully saturated rings. The number of methoxy groups -OCH3 is 1. The molecule has 3 rings (SSSR count). The van der Waals surface area contributed by atoms with Gasteiger partial charge in [-0.1, -0.05) is 11.6 Å². The van der Waals surface area contributed by atoms with Gasteiger partial charge in [-0.2, -0.15) is 0 Å². The molecule has 124 valence electrons. The van der Waals surface area contributed by atoms with Crippen molar-refractivity contribution >= 4 is 27.8 Å². The Morgan fingerprint density at radius 3 is 2.62 bits per heavy atom. The van der Waals surface area contributed by atoms with Crippen molar-refractivity contribution in [3.63, 3.8) is 0 Å². The Bertz CT molecular complexity index is 866. The van der Waals surface area contributed by atoms with Crippen LogP contribution in [0.3, 0.4) is 0 Å². The molecule has 4 heteroatoms. The van der Waals surface area contributed by atoms with Crippen molar-refractivity contribution in [1.82, 2.24) is 0 Å². The molecule has 2 aromatic carbocycles. The van der Waals surface area contributed by atoms with Gasteiger partial charge in [0.25, 0.3) is 0 Å². The molecule has 0 bridgehead atoms. The molecule has 2 aromatic rings. The highest BCUT2D eigenvalue weighted by Gasteiger charge is 2.23. The lowest BCUT2D eigenvalue weighted by molar-refractivity contribution is 0.102. The molecular formula is C20H19BrO3. The van der Waals surface area contributed by atoms with Gasteiger partial charge >= 0.3 is 0 Å². The molecule has 0 radical (unpaired) electrons. The third-order valence-electron chi connectivity index (χ3n) is 4.41. The average Bonchev–Trinajstić information content (AvgIpc) is 2.53. The standard InChI is InChI=1S/C20H19BrO3/c1-11-6-12(2)15-5-4-14(19(22)16(15)7-11)8-13-9-17(21)20(23)18(10-13)24-3/h6-10,23H,4-5H2,1-3H3. The smallest absolute Gasteiger partial charge is 0.189 e. The van der Waals surface area contributed by atoms with E-state index in [0.29, 0.717) is 10.2 Å². The number of aromatic hydroxyl groups is 1. The second-order valence-corrected chi connectivity index (χ2v) is 7.01. The first-order valence-electron chi connectivity index (χ1n) is 7.82. The van der Waals surface area contributed by atoms with Gasteiger partial charge in [0.1, 0.15) is 0 Å². The number of phenols is 1. The molecule has 1 aliphatic rings. The van der Waals surface area contributed by atoms with E-state index in [1.54, 1.807) is 12.1 Å². The predicted octanol–water partition coefficient (Wildman–Crippen LogP) is 4.99. The molecule has 0 saturated heterocycles. The van der Waals surface area contributed by atoms with Crippen LogP contribution in [0.2, 0.25) is 0 Å². The van der Waals surface area contributed by atoms with Crippen LogP contribution in [0.4, 0.5) is 0 Å². The first-order chi connectivity index (χ1) is 11.4. The number of hydrogen-bond donors (Lipinski definition) is 1. The summed E-state index contributed by atoms with van der Waals surface area (Å²) in [5.41, 5.74) is 5.88. The van der Waals surface area contributed by atoms with Crippen molar-refractivity contribution < 1.29 is 14.6 Å². The third kappa shape index (κ3) is 2.98. The van der Waals surface area contributed by atoms with E-state index in [1.165, 1.54) is 12.7 Å². The van der Waals surface area contributed by atoms with Gasteiger partial charge in [-0.05, 0) is 83.6 Å². The van der Waals surface area contributed by atoms with E-state index < -0.39 is 0 Å². The van der Waals surface area contributed by atoms with E-state index in [0.717, 1.165) is 40.7 Å². The summed E-state index contributed by atoms with van der Waals surface area (Å²) in [6.45, 7) is 4.08. The van der Waals surface area contributed by atoms with E-state index in [1.807, 2.05) is 19.1 Å². The largest absolute Gasteiger partial charge is 0.503 e. The van der Waals surface area contributed by atoms with Gasteiger partial charge in [0.2, 0.25) is 0 Å².